The molecule has 3 aromatic rings. The summed E-state index contributed by atoms with van der Waals surface area (Å²) in [4.78, 5) is 0. The van der Waals surface area contributed by atoms with Crippen LogP contribution < -0.4 is 0 Å². The monoisotopic (exact) mass is 195 g/mol. The van der Waals surface area contributed by atoms with Crippen molar-refractivity contribution in [2.75, 3.05) is 0 Å². The average Bonchev–Trinajstić information content (AvgIpc) is 2.30. The Kier molecular flexibility index (Phi) is 1.72. The van der Waals surface area contributed by atoms with Gasteiger partial charge in [0.05, 0.1) is 0 Å². The molecule has 15 heavy (non-hydrogen) atoms. The second-order valence-corrected chi connectivity index (χ2v) is 3.54. The number of fused-ring (bicyclic) bond motifs is 3. The Bertz CT molecular complexity index is 641. The van der Waals surface area contributed by atoms with E-state index >= 15 is 0 Å². The summed E-state index contributed by atoms with van der Waals surface area (Å²) in [7, 11) is 0. The average molecular weight is 195 g/mol. The van der Waals surface area contributed by atoms with Crippen LogP contribution in [0.1, 0.15) is 0 Å². The molecule has 0 fully saturated rings. The van der Waals surface area contributed by atoms with E-state index in [9.17, 15) is 4.39 Å². The summed E-state index contributed by atoms with van der Waals surface area (Å²) >= 11 is 0. The molecule has 0 amide bonds. The number of rotatable bonds is 0. The normalized spacial score (nSPS) is 11.0. The minimum absolute atomic E-state index is 0.180. The highest BCUT2D eigenvalue weighted by atomic mass is 19.1. The first-order valence-electron chi connectivity index (χ1n) is 4.84. The SMILES string of the molecule is Fc1cc2[c]cccc2c2ccccc12. The van der Waals surface area contributed by atoms with Gasteiger partial charge in [0.15, 0.2) is 0 Å². The highest BCUT2D eigenvalue weighted by Gasteiger charge is 2.04. The molecule has 1 radical (unpaired) electrons. The molecule has 0 heterocycles. The maximum absolute atomic E-state index is 13.7. The smallest absolute Gasteiger partial charge is 0.131 e. The van der Waals surface area contributed by atoms with Crippen molar-refractivity contribution in [3.8, 4) is 0 Å². The summed E-state index contributed by atoms with van der Waals surface area (Å²) in [6.07, 6.45) is 0. The molecule has 0 aromatic heterocycles. The summed E-state index contributed by atoms with van der Waals surface area (Å²) < 4.78 is 13.7. The third-order valence-electron chi connectivity index (χ3n) is 2.63. The zero-order chi connectivity index (χ0) is 10.3. The van der Waals surface area contributed by atoms with Crippen LogP contribution in [0.2, 0.25) is 0 Å². The third-order valence-corrected chi connectivity index (χ3v) is 2.63. The van der Waals surface area contributed by atoms with Crippen LogP contribution in [0.3, 0.4) is 0 Å². The Morgan fingerprint density at radius 3 is 2.47 bits per heavy atom. The van der Waals surface area contributed by atoms with E-state index in [1.807, 2.05) is 30.3 Å². The third kappa shape index (κ3) is 1.20. The molecule has 0 saturated carbocycles. The summed E-state index contributed by atoms with van der Waals surface area (Å²) in [5, 5.41) is 3.50. The van der Waals surface area contributed by atoms with Crippen molar-refractivity contribution in [2.45, 2.75) is 0 Å². The fraction of sp³-hybridized carbons (Fsp3) is 0. The van der Waals surface area contributed by atoms with Crippen molar-refractivity contribution < 1.29 is 4.39 Å². The van der Waals surface area contributed by atoms with Gasteiger partial charge in [-0.3, -0.25) is 0 Å². The van der Waals surface area contributed by atoms with Crippen LogP contribution >= 0.6 is 0 Å². The molecule has 0 spiro atoms. The first kappa shape index (κ1) is 8.42. The molecule has 0 unspecified atom stereocenters. The van der Waals surface area contributed by atoms with Crippen LogP contribution in [0.15, 0.2) is 48.5 Å². The van der Waals surface area contributed by atoms with Gasteiger partial charge >= 0.3 is 0 Å². The van der Waals surface area contributed by atoms with Crippen molar-refractivity contribution in [1.82, 2.24) is 0 Å². The van der Waals surface area contributed by atoms with Crippen molar-refractivity contribution in [3.63, 3.8) is 0 Å². The molecule has 3 rings (SSSR count). The van der Waals surface area contributed by atoms with Crippen LogP contribution in [0.25, 0.3) is 21.5 Å². The fourth-order valence-corrected chi connectivity index (χ4v) is 1.93. The van der Waals surface area contributed by atoms with E-state index in [-0.39, 0.29) is 5.82 Å². The van der Waals surface area contributed by atoms with Gasteiger partial charge in [0.2, 0.25) is 0 Å². The molecule has 0 N–H and O–H groups in total. The van der Waals surface area contributed by atoms with Gasteiger partial charge in [-0.2, -0.15) is 0 Å². The minimum atomic E-state index is -0.180. The fourth-order valence-electron chi connectivity index (χ4n) is 1.93. The predicted molar refractivity (Wildman–Crippen MR) is 60.2 cm³/mol. The molecular weight excluding hydrogens is 187 g/mol. The summed E-state index contributed by atoms with van der Waals surface area (Å²) in [5.41, 5.74) is 0. The molecule has 1 heteroatoms. The number of hydrogen-bond donors (Lipinski definition) is 0. The molecule has 0 nitrogen and oxygen atoms in total. The van der Waals surface area contributed by atoms with Gasteiger partial charge in [0.1, 0.15) is 5.82 Å². The van der Waals surface area contributed by atoms with E-state index in [4.69, 9.17) is 0 Å². The van der Waals surface area contributed by atoms with E-state index in [0.717, 1.165) is 16.2 Å². The summed E-state index contributed by atoms with van der Waals surface area (Å²) in [6, 6.07) is 17.8. The zero-order valence-electron chi connectivity index (χ0n) is 8.00. The molecule has 3 aromatic carbocycles. The van der Waals surface area contributed by atoms with E-state index in [1.54, 1.807) is 12.1 Å². The Balaban J connectivity index is 2.64. The van der Waals surface area contributed by atoms with Crippen molar-refractivity contribution in [2.24, 2.45) is 0 Å². The first-order chi connectivity index (χ1) is 7.36. The van der Waals surface area contributed by atoms with Crippen molar-refractivity contribution >= 4 is 21.5 Å². The van der Waals surface area contributed by atoms with Crippen LogP contribution in [0.4, 0.5) is 4.39 Å². The summed E-state index contributed by atoms with van der Waals surface area (Å²) in [5.74, 6) is -0.180. The van der Waals surface area contributed by atoms with Gasteiger partial charge in [0.25, 0.3) is 0 Å². The number of benzene rings is 3. The lowest BCUT2D eigenvalue weighted by molar-refractivity contribution is 0.641. The van der Waals surface area contributed by atoms with Gasteiger partial charge in [-0.1, -0.05) is 42.5 Å². The zero-order valence-corrected chi connectivity index (χ0v) is 8.00. The lowest BCUT2D eigenvalue weighted by atomic mass is 10.0. The second kappa shape index (κ2) is 3.06. The quantitative estimate of drug-likeness (QED) is 0.477. The van der Waals surface area contributed by atoms with Gasteiger partial charge in [-0.05, 0) is 28.3 Å². The van der Waals surface area contributed by atoms with E-state index in [2.05, 4.69) is 6.07 Å². The highest BCUT2D eigenvalue weighted by Crippen LogP contribution is 2.26. The largest absolute Gasteiger partial charge is 0.206 e. The molecule has 0 aliphatic heterocycles. The maximum Gasteiger partial charge on any atom is 0.131 e. The van der Waals surface area contributed by atoms with Gasteiger partial charge < -0.3 is 0 Å². The molecule has 0 bridgehead atoms. The van der Waals surface area contributed by atoms with E-state index in [1.165, 1.54) is 6.07 Å². The Morgan fingerprint density at radius 2 is 1.60 bits per heavy atom. The lowest BCUT2D eigenvalue weighted by Crippen LogP contribution is -1.82. The second-order valence-electron chi connectivity index (χ2n) is 3.54. The van der Waals surface area contributed by atoms with Crippen LogP contribution in [-0.2, 0) is 0 Å². The van der Waals surface area contributed by atoms with Crippen molar-refractivity contribution in [1.29, 1.82) is 0 Å². The van der Waals surface area contributed by atoms with Crippen LogP contribution in [0.5, 0.6) is 0 Å². The van der Waals surface area contributed by atoms with Gasteiger partial charge in [-0.15, -0.1) is 0 Å². The van der Waals surface area contributed by atoms with Crippen LogP contribution in [0, 0.1) is 11.9 Å². The topological polar surface area (TPSA) is 0 Å². The van der Waals surface area contributed by atoms with E-state index in [0.29, 0.717) is 5.39 Å². The van der Waals surface area contributed by atoms with Gasteiger partial charge in [-0.25, -0.2) is 4.39 Å². The molecule has 71 valence electrons. The molecule has 0 atom stereocenters. The summed E-state index contributed by atoms with van der Waals surface area (Å²) in [6.45, 7) is 0. The van der Waals surface area contributed by atoms with Gasteiger partial charge in [0, 0.05) is 5.39 Å². The van der Waals surface area contributed by atoms with E-state index < -0.39 is 0 Å². The predicted octanol–water partition coefficient (Wildman–Crippen LogP) is 3.93. The number of halogens is 1. The Morgan fingerprint density at radius 1 is 0.867 bits per heavy atom. The molecule has 0 saturated heterocycles. The minimum Gasteiger partial charge on any atom is -0.206 e. The Hall–Kier alpha value is -1.89. The number of hydrogen-bond acceptors (Lipinski definition) is 0. The standard InChI is InChI=1S/C14H8F/c15-14-9-10-5-1-2-6-11(10)12-7-3-4-8-13(12)14/h1-4,6-9H. The first-order valence-corrected chi connectivity index (χ1v) is 4.84. The van der Waals surface area contributed by atoms with Crippen molar-refractivity contribution in [3.05, 3.63) is 60.4 Å². The van der Waals surface area contributed by atoms with Crippen LogP contribution in [-0.4, -0.2) is 0 Å². The molecular formula is C14H8F. The molecule has 0 aliphatic carbocycles. The highest BCUT2D eigenvalue weighted by molar-refractivity contribution is 6.07. The molecule has 0 aliphatic rings. The maximum atomic E-state index is 13.7. The lowest BCUT2D eigenvalue weighted by Gasteiger charge is -2.04. The Labute approximate surface area is 87.0 Å².